The summed E-state index contributed by atoms with van der Waals surface area (Å²) in [7, 11) is 1.11. The van der Waals surface area contributed by atoms with Crippen LogP contribution in [0.5, 0.6) is 0 Å². The Morgan fingerprint density at radius 1 is 1.86 bits per heavy atom. The lowest BCUT2D eigenvalue weighted by Crippen LogP contribution is -2.00. The third-order valence-electron chi connectivity index (χ3n) is 1.84. The molecule has 40 valence electrons. The Labute approximate surface area is 45.2 Å². The standard InChI is InChI=1S/C5H9OP/c1-5-2-3-7-4(5)6-5/h4,7H,2-3H2,1H3. The lowest BCUT2D eigenvalue weighted by molar-refractivity contribution is 0.309. The van der Waals surface area contributed by atoms with Gasteiger partial charge in [-0.25, -0.2) is 0 Å². The van der Waals surface area contributed by atoms with Gasteiger partial charge in [-0.2, -0.15) is 0 Å². The second-order valence-corrected chi connectivity index (χ2v) is 3.95. The molecule has 0 aromatic carbocycles. The van der Waals surface area contributed by atoms with Gasteiger partial charge in [0.2, 0.25) is 0 Å². The molecule has 2 rings (SSSR count). The second-order valence-electron chi connectivity index (χ2n) is 2.51. The molecule has 2 aliphatic rings. The summed E-state index contributed by atoms with van der Waals surface area (Å²) in [6.45, 7) is 2.22. The fraction of sp³-hybridized carbons (Fsp3) is 1.00. The molecule has 0 aliphatic carbocycles. The fourth-order valence-electron chi connectivity index (χ4n) is 1.13. The third kappa shape index (κ3) is 0.458. The van der Waals surface area contributed by atoms with E-state index in [0.717, 1.165) is 8.58 Å². The van der Waals surface area contributed by atoms with Gasteiger partial charge < -0.3 is 4.74 Å². The van der Waals surface area contributed by atoms with Gasteiger partial charge in [0.25, 0.3) is 0 Å². The maximum absolute atomic E-state index is 5.35. The highest BCUT2D eigenvalue weighted by Gasteiger charge is 2.55. The summed E-state index contributed by atoms with van der Waals surface area (Å²) in [4.78, 5) is 0. The average molecular weight is 116 g/mol. The number of ether oxygens (including phenoxy) is 1. The summed E-state index contributed by atoms with van der Waals surface area (Å²) in [5, 5.41) is 0. The van der Waals surface area contributed by atoms with Gasteiger partial charge in [0, 0.05) is 0 Å². The SMILES string of the molecule is CC12CCPC1O2. The molecule has 2 fully saturated rings. The van der Waals surface area contributed by atoms with Crippen molar-refractivity contribution in [2.24, 2.45) is 0 Å². The maximum atomic E-state index is 5.35. The summed E-state index contributed by atoms with van der Waals surface area (Å²) in [6.07, 6.45) is 2.73. The van der Waals surface area contributed by atoms with Gasteiger partial charge in [-0.1, -0.05) is 8.58 Å². The van der Waals surface area contributed by atoms with Crippen LogP contribution in [0.15, 0.2) is 0 Å². The number of hydrogen-bond acceptors (Lipinski definition) is 1. The topological polar surface area (TPSA) is 12.5 Å². The number of fused-ring (bicyclic) bond motifs is 1. The third-order valence-corrected chi connectivity index (χ3v) is 3.47. The van der Waals surface area contributed by atoms with Gasteiger partial charge in [0.1, 0.15) is 5.85 Å². The molecule has 0 aromatic rings. The summed E-state index contributed by atoms with van der Waals surface area (Å²) in [6, 6.07) is 0. The number of rotatable bonds is 0. The maximum Gasteiger partial charge on any atom is 0.103 e. The normalized spacial score (nSPS) is 60.4. The molecular formula is C5H9OP. The largest absolute Gasteiger partial charge is 0.362 e. The van der Waals surface area contributed by atoms with E-state index < -0.39 is 0 Å². The van der Waals surface area contributed by atoms with E-state index in [9.17, 15) is 0 Å². The zero-order valence-electron chi connectivity index (χ0n) is 4.40. The van der Waals surface area contributed by atoms with Gasteiger partial charge in [-0.05, 0) is 19.5 Å². The van der Waals surface area contributed by atoms with Crippen LogP contribution in [0.3, 0.4) is 0 Å². The Hall–Kier alpha value is 0.390. The summed E-state index contributed by atoms with van der Waals surface area (Å²) < 4.78 is 5.35. The molecule has 1 nitrogen and oxygen atoms in total. The molecule has 0 aromatic heterocycles. The summed E-state index contributed by atoms with van der Waals surface area (Å²) in [5.74, 6) is 0.687. The van der Waals surface area contributed by atoms with Crippen molar-refractivity contribution < 1.29 is 4.74 Å². The van der Waals surface area contributed by atoms with Crippen LogP contribution in [-0.2, 0) is 4.74 Å². The van der Waals surface area contributed by atoms with Crippen molar-refractivity contribution in [1.29, 1.82) is 0 Å². The van der Waals surface area contributed by atoms with Crippen molar-refractivity contribution in [3.63, 3.8) is 0 Å². The van der Waals surface area contributed by atoms with Crippen molar-refractivity contribution in [2.75, 3.05) is 6.16 Å². The molecule has 7 heavy (non-hydrogen) atoms. The lowest BCUT2D eigenvalue weighted by atomic mass is 10.1. The van der Waals surface area contributed by atoms with E-state index in [4.69, 9.17) is 4.74 Å². The molecule has 0 saturated carbocycles. The zero-order valence-corrected chi connectivity index (χ0v) is 5.40. The van der Waals surface area contributed by atoms with Crippen LogP contribution in [0.2, 0.25) is 0 Å². The Morgan fingerprint density at radius 3 is 2.86 bits per heavy atom. The van der Waals surface area contributed by atoms with Crippen LogP contribution in [0.1, 0.15) is 13.3 Å². The lowest BCUT2D eigenvalue weighted by Gasteiger charge is -1.93. The van der Waals surface area contributed by atoms with Crippen LogP contribution in [0.25, 0.3) is 0 Å². The molecule has 0 radical (unpaired) electrons. The van der Waals surface area contributed by atoms with Crippen molar-refractivity contribution in [3.05, 3.63) is 0 Å². The first kappa shape index (κ1) is 4.29. The molecule has 2 heteroatoms. The van der Waals surface area contributed by atoms with Gasteiger partial charge in [0.15, 0.2) is 0 Å². The van der Waals surface area contributed by atoms with Crippen LogP contribution < -0.4 is 0 Å². The minimum atomic E-state index is 0.373. The van der Waals surface area contributed by atoms with Crippen molar-refractivity contribution in [3.8, 4) is 0 Å². The van der Waals surface area contributed by atoms with E-state index in [1.165, 1.54) is 12.6 Å². The van der Waals surface area contributed by atoms with Gasteiger partial charge in [0.05, 0.1) is 5.60 Å². The molecule has 2 heterocycles. The van der Waals surface area contributed by atoms with Crippen LogP contribution in [0.4, 0.5) is 0 Å². The van der Waals surface area contributed by atoms with Gasteiger partial charge >= 0.3 is 0 Å². The number of hydrogen-bond donors (Lipinski definition) is 0. The van der Waals surface area contributed by atoms with Crippen LogP contribution >= 0.6 is 8.58 Å². The highest BCUT2D eigenvalue weighted by atomic mass is 31.1. The smallest absolute Gasteiger partial charge is 0.103 e. The first-order valence-corrected chi connectivity index (χ1v) is 4.01. The van der Waals surface area contributed by atoms with E-state index in [1.807, 2.05) is 0 Å². The Morgan fingerprint density at radius 2 is 2.71 bits per heavy atom. The highest BCUT2D eigenvalue weighted by molar-refractivity contribution is 7.39. The van der Waals surface area contributed by atoms with Crippen molar-refractivity contribution in [1.82, 2.24) is 0 Å². The quantitative estimate of drug-likeness (QED) is 0.342. The molecule has 0 bridgehead atoms. The van der Waals surface area contributed by atoms with E-state index >= 15 is 0 Å². The van der Waals surface area contributed by atoms with Gasteiger partial charge in [-0.3, -0.25) is 0 Å². The molecule has 0 spiro atoms. The minimum Gasteiger partial charge on any atom is -0.362 e. The molecule has 0 N–H and O–H groups in total. The molecule has 3 unspecified atom stereocenters. The van der Waals surface area contributed by atoms with Crippen molar-refractivity contribution in [2.45, 2.75) is 24.8 Å². The van der Waals surface area contributed by atoms with Crippen LogP contribution in [-0.4, -0.2) is 17.6 Å². The predicted octanol–water partition coefficient (Wildman–Crippen LogP) is 1.18. The van der Waals surface area contributed by atoms with Gasteiger partial charge in [-0.15, -0.1) is 0 Å². The molecule has 3 atom stereocenters. The average Bonchev–Trinajstić information content (AvgIpc) is 2.09. The highest BCUT2D eigenvalue weighted by Crippen LogP contribution is 2.56. The van der Waals surface area contributed by atoms with E-state index in [1.54, 1.807) is 0 Å². The first-order valence-electron chi connectivity index (χ1n) is 2.72. The predicted molar refractivity (Wildman–Crippen MR) is 31.1 cm³/mol. The monoisotopic (exact) mass is 116 g/mol. The van der Waals surface area contributed by atoms with E-state index in [2.05, 4.69) is 6.92 Å². The Kier molecular flexibility index (Phi) is 0.634. The van der Waals surface area contributed by atoms with E-state index in [0.29, 0.717) is 11.4 Å². The Bertz CT molecular complexity index is 102. The first-order chi connectivity index (χ1) is 3.31. The molecule has 2 aliphatic heterocycles. The Balaban J connectivity index is 2.17. The van der Waals surface area contributed by atoms with E-state index in [-0.39, 0.29) is 0 Å². The summed E-state index contributed by atoms with van der Waals surface area (Å²) >= 11 is 0. The van der Waals surface area contributed by atoms with Crippen molar-refractivity contribution >= 4 is 8.58 Å². The molecule has 2 saturated heterocycles. The molecule has 0 amide bonds. The second kappa shape index (κ2) is 1.04. The minimum absolute atomic E-state index is 0.373. The fourth-order valence-corrected chi connectivity index (χ4v) is 2.97. The zero-order chi connectivity index (χ0) is 4.91. The van der Waals surface area contributed by atoms with Crippen LogP contribution in [0, 0.1) is 0 Å². The number of epoxide rings is 1. The molecular weight excluding hydrogens is 107 g/mol. The summed E-state index contributed by atoms with van der Waals surface area (Å²) in [5.41, 5.74) is 0.373.